The van der Waals surface area contributed by atoms with Crippen LogP contribution in [0.15, 0.2) is 42.9 Å². The van der Waals surface area contributed by atoms with E-state index in [0.717, 1.165) is 31.5 Å². The molecule has 0 bridgehead atoms. The van der Waals surface area contributed by atoms with Crippen molar-refractivity contribution in [2.45, 2.75) is 20.0 Å². The third-order valence-corrected chi connectivity index (χ3v) is 6.69. The van der Waals surface area contributed by atoms with Gasteiger partial charge in [0.25, 0.3) is 0 Å². The first-order valence-corrected chi connectivity index (χ1v) is 11.9. The molecule has 2 aromatic heterocycles. The molecule has 4 N–H and O–H groups in total. The Morgan fingerprint density at radius 1 is 1.26 bits per heavy atom. The highest BCUT2D eigenvalue weighted by Gasteiger charge is 2.38. The smallest absolute Gasteiger partial charge is 0.167 e. The number of nitrogens with two attached hydrogens (primary N) is 1. The summed E-state index contributed by atoms with van der Waals surface area (Å²) in [5.41, 5.74) is 7.92. The van der Waals surface area contributed by atoms with Crippen LogP contribution in [0.25, 0.3) is 0 Å². The zero-order valence-corrected chi connectivity index (χ0v) is 21.2. The number of nitrogens with zero attached hydrogens (tertiary/aromatic N) is 3. The van der Waals surface area contributed by atoms with Crippen LogP contribution in [-0.4, -0.2) is 42.4 Å². The van der Waals surface area contributed by atoms with Crippen molar-refractivity contribution in [3.8, 4) is 5.75 Å². The number of ether oxygens (including phenoxy) is 1. The molecule has 35 heavy (non-hydrogen) atoms. The molecule has 0 aliphatic carbocycles. The Labute approximate surface area is 213 Å². The van der Waals surface area contributed by atoms with Crippen molar-refractivity contribution in [3.05, 3.63) is 75.4 Å². The second kappa shape index (κ2) is 9.97. The number of halogens is 3. The summed E-state index contributed by atoms with van der Waals surface area (Å²) < 4.78 is 20.5. The molecule has 1 aliphatic rings. The molecule has 3 aromatic rings. The van der Waals surface area contributed by atoms with E-state index in [-0.39, 0.29) is 22.6 Å². The molecule has 1 aromatic carbocycles. The Balaban J connectivity index is 1.53. The lowest BCUT2D eigenvalue weighted by molar-refractivity contribution is 0.216. The van der Waals surface area contributed by atoms with E-state index in [4.69, 9.17) is 39.1 Å². The maximum atomic E-state index is 14.7. The minimum absolute atomic E-state index is 0.0654. The van der Waals surface area contributed by atoms with Crippen molar-refractivity contribution in [1.29, 1.82) is 5.41 Å². The van der Waals surface area contributed by atoms with Crippen LogP contribution < -0.4 is 20.7 Å². The fourth-order valence-electron chi connectivity index (χ4n) is 4.39. The Kier molecular flexibility index (Phi) is 7.17. The summed E-state index contributed by atoms with van der Waals surface area (Å²) in [7, 11) is 1.95. The Morgan fingerprint density at radius 2 is 1.94 bits per heavy atom. The van der Waals surface area contributed by atoms with Crippen LogP contribution in [0.3, 0.4) is 0 Å². The molecule has 0 unspecified atom stereocenters. The second-order valence-electron chi connectivity index (χ2n) is 9.12. The van der Waals surface area contributed by atoms with E-state index in [2.05, 4.69) is 27.1 Å². The van der Waals surface area contributed by atoms with E-state index < -0.39 is 11.9 Å². The molecule has 0 saturated carbocycles. The van der Waals surface area contributed by atoms with E-state index in [1.807, 2.05) is 19.2 Å². The van der Waals surface area contributed by atoms with Gasteiger partial charge in [-0.2, -0.15) is 0 Å². The van der Waals surface area contributed by atoms with Crippen molar-refractivity contribution in [1.82, 2.24) is 15.3 Å². The molecule has 3 heterocycles. The number of hydrogen-bond donors (Lipinski definition) is 3. The molecule has 0 spiro atoms. The normalized spacial score (nSPS) is 15.4. The number of nitrogens with one attached hydrogen (secondary N) is 2. The highest BCUT2D eigenvalue weighted by molar-refractivity contribution is 6.35. The third-order valence-electron chi connectivity index (χ3n) is 6.08. The largest absolute Gasteiger partial charge is 0.483 e. The predicted octanol–water partition coefficient (Wildman–Crippen LogP) is 5.11. The fraction of sp³-hybridized carbons (Fsp3) is 0.320. The quantitative estimate of drug-likeness (QED) is 0.284. The van der Waals surface area contributed by atoms with Crippen molar-refractivity contribution in [2.24, 2.45) is 5.41 Å². The zero-order valence-electron chi connectivity index (χ0n) is 19.7. The first kappa shape index (κ1) is 25.2. The number of nitrogen functional groups attached to an aromatic ring is 1. The van der Waals surface area contributed by atoms with Gasteiger partial charge in [-0.3, -0.25) is 10.4 Å². The van der Waals surface area contributed by atoms with Gasteiger partial charge in [0.1, 0.15) is 11.9 Å². The SMILES string of the molecule is CNCC1(C)CN(c2ccc(C(=N)c3cc(O[C@H](C)c4c(Cl)cncc4Cl)c(F)cc3N)cn2)C1. The van der Waals surface area contributed by atoms with E-state index in [1.165, 1.54) is 18.5 Å². The molecular formula is C25H27Cl2FN6O. The molecule has 184 valence electrons. The summed E-state index contributed by atoms with van der Waals surface area (Å²) in [6.45, 7) is 6.70. The van der Waals surface area contributed by atoms with Crippen LogP contribution in [0.5, 0.6) is 5.75 Å². The summed E-state index contributed by atoms with van der Waals surface area (Å²) in [6.07, 6.45) is 3.86. The maximum Gasteiger partial charge on any atom is 0.167 e. The molecule has 1 atom stereocenters. The first-order valence-electron chi connectivity index (χ1n) is 11.1. The fourth-order valence-corrected chi connectivity index (χ4v) is 5.06. The Hall–Kier alpha value is -2.94. The summed E-state index contributed by atoms with van der Waals surface area (Å²) in [6, 6.07) is 6.27. The van der Waals surface area contributed by atoms with Crippen LogP contribution in [0, 0.1) is 16.6 Å². The van der Waals surface area contributed by atoms with Crippen molar-refractivity contribution >= 4 is 40.4 Å². The van der Waals surface area contributed by atoms with Crippen LogP contribution in [0.1, 0.15) is 36.6 Å². The van der Waals surface area contributed by atoms with E-state index >= 15 is 0 Å². The van der Waals surface area contributed by atoms with Crippen molar-refractivity contribution in [3.63, 3.8) is 0 Å². The maximum absolute atomic E-state index is 14.7. The molecule has 1 aliphatic heterocycles. The summed E-state index contributed by atoms with van der Waals surface area (Å²) in [5.74, 6) is 0.138. The first-order chi connectivity index (χ1) is 16.6. The minimum atomic E-state index is -0.663. The number of hydrogen-bond acceptors (Lipinski definition) is 7. The van der Waals surface area contributed by atoms with E-state index in [9.17, 15) is 4.39 Å². The van der Waals surface area contributed by atoms with Gasteiger partial charge in [0.2, 0.25) is 0 Å². The van der Waals surface area contributed by atoms with Gasteiger partial charge in [-0.05, 0) is 32.2 Å². The molecule has 1 fully saturated rings. The van der Waals surface area contributed by atoms with Gasteiger partial charge in [-0.1, -0.05) is 30.1 Å². The molecule has 0 radical (unpaired) electrons. The predicted molar refractivity (Wildman–Crippen MR) is 139 cm³/mol. The summed E-state index contributed by atoms with van der Waals surface area (Å²) in [5, 5.41) is 12.5. The highest BCUT2D eigenvalue weighted by atomic mass is 35.5. The molecular weight excluding hydrogens is 490 g/mol. The van der Waals surface area contributed by atoms with Gasteiger partial charge in [0.05, 0.1) is 15.8 Å². The van der Waals surface area contributed by atoms with Gasteiger partial charge < -0.3 is 20.7 Å². The summed E-state index contributed by atoms with van der Waals surface area (Å²) >= 11 is 12.4. The van der Waals surface area contributed by atoms with Gasteiger partial charge in [0.15, 0.2) is 11.6 Å². The van der Waals surface area contributed by atoms with Gasteiger partial charge in [0, 0.05) is 72.1 Å². The highest BCUT2D eigenvalue weighted by Crippen LogP contribution is 2.35. The van der Waals surface area contributed by atoms with E-state index in [1.54, 1.807) is 13.1 Å². The molecule has 10 heteroatoms. The monoisotopic (exact) mass is 516 g/mol. The molecule has 0 amide bonds. The average molecular weight is 517 g/mol. The third kappa shape index (κ3) is 5.19. The Morgan fingerprint density at radius 3 is 2.54 bits per heavy atom. The van der Waals surface area contributed by atoms with Gasteiger partial charge in [-0.15, -0.1) is 0 Å². The summed E-state index contributed by atoms with van der Waals surface area (Å²) in [4.78, 5) is 10.7. The average Bonchev–Trinajstić information content (AvgIpc) is 2.79. The van der Waals surface area contributed by atoms with Crippen LogP contribution in [0.2, 0.25) is 10.0 Å². The van der Waals surface area contributed by atoms with Gasteiger partial charge in [-0.25, -0.2) is 9.37 Å². The van der Waals surface area contributed by atoms with E-state index in [0.29, 0.717) is 26.7 Å². The number of aromatic nitrogens is 2. The van der Waals surface area contributed by atoms with Crippen molar-refractivity contribution in [2.75, 3.05) is 37.3 Å². The molecule has 4 rings (SSSR count). The molecule has 1 saturated heterocycles. The van der Waals surface area contributed by atoms with Crippen LogP contribution >= 0.6 is 23.2 Å². The lowest BCUT2D eigenvalue weighted by atomic mass is 9.82. The standard InChI is InChI=1S/C25H27Cl2FN6O/c1-14(23-17(26)9-32-10-18(23)27)35-21-6-16(20(29)7-19(21)28)24(30)15-4-5-22(33-8-15)34-12-25(2,13-34)11-31-3/h4-10,14,30-31H,11-13,29H2,1-3H3/t14-/m1/s1. The number of anilines is 2. The number of benzene rings is 1. The van der Waals surface area contributed by atoms with Crippen LogP contribution in [-0.2, 0) is 0 Å². The lowest BCUT2D eigenvalue weighted by Crippen LogP contribution is -2.58. The number of rotatable bonds is 8. The Bertz CT molecular complexity index is 1230. The second-order valence-corrected chi connectivity index (χ2v) is 9.94. The van der Waals surface area contributed by atoms with Gasteiger partial charge >= 0.3 is 0 Å². The lowest BCUT2D eigenvalue weighted by Gasteiger charge is -2.48. The topological polar surface area (TPSA) is 100 Å². The van der Waals surface area contributed by atoms with Crippen molar-refractivity contribution < 1.29 is 9.13 Å². The zero-order chi connectivity index (χ0) is 25.3. The van der Waals surface area contributed by atoms with Crippen LogP contribution in [0.4, 0.5) is 15.9 Å². The number of pyridine rings is 2. The molecule has 7 nitrogen and oxygen atoms in total. The minimum Gasteiger partial charge on any atom is -0.483 e.